The summed E-state index contributed by atoms with van der Waals surface area (Å²) in [5, 5.41) is 12.9. The first-order chi connectivity index (χ1) is 6.91. The van der Waals surface area contributed by atoms with Crippen molar-refractivity contribution in [3.05, 3.63) is 23.0 Å². The number of halogens is 2. The number of hydrogen-bond donors (Lipinski definition) is 3. The molecule has 0 spiro atoms. The second kappa shape index (κ2) is 4.61. The number of phenolic OH excluding ortho intramolecular Hbond substituents is 1. The van der Waals surface area contributed by atoms with E-state index in [1.807, 2.05) is 0 Å². The van der Waals surface area contributed by atoms with Crippen molar-refractivity contribution in [2.24, 2.45) is 5.84 Å². The molecule has 4 nitrogen and oxygen atoms in total. The Morgan fingerprint density at radius 3 is 2.80 bits per heavy atom. The fourth-order valence-corrected chi connectivity index (χ4v) is 1.10. The first kappa shape index (κ1) is 12.0. The van der Waals surface area contributed by atoms with Gasteiger partial charge in [-0.2, -0.15) is 0 Å². The van der Waals surface area contributed by atoms with E-state index in [9.17, 15) is 9.50 Å². The van der Waals surface area contributed by atoms with Gasteiger partial charge in [0.1, 0.15) is 11.6 Å². The van der Waals surface area contributed by atoms with Crippen LogP contribution in [0.4, 0.5) is 10.1 Å². The maximum Gasteiger partial charge on any atom is 0.187 e. The lowest BCUT2D eigenvalue weighted by molar-refractivity contribution is 0.474. The van der Waals surface area contributed by atoms with E-state index in [-0.39, 0.29) is 21.6 Å². The summed E-state index contributed by atoms with van der Waals surface area (Å²) in [5.41, 5.74) is 0.0131. The molecule has 0 aliphatic carbocycles. The topological polar surface area (TPSA) is 61.5 Å². The number of nitrogens with two attached hydrogens (primary N) is 1. The average molecular weight is 250 g/mol. The molecule has 1 aromatic rings. The van der Waals surface area contributed by atoms with Crippen LogP contribution in [0, 0.1) is 5.82 Å². The number of rotatable bonds is 1. The van der Waals surface area contributed by atoms with Crippen LogP contribution in [0.2, 0.25) is 5.02 Å². The molecule has 0 unspecified atom stereocenters. The van der Waals surface area contributed by atoms with Gasteiger partial charge in [0, 0.05) is 13.1 Å². The van der Waals surface area contributed by atoms with Crippen LogP contribution in [-0.4, -0.2) is 22.3 Å². The van der Waals surface area contributed by atoms with Crippen LogP contribution in [0.15, 0.2) is 12.1 Å². The standard InChI is InChI=1S/C8H9ClFN3OS/c1-13(11)8(15)12-6-3-7(14)4(9)2-5(6)10/h2-3,14H,11H2,1H3,(H,12,15). The maximum absolute atomic E-state index is 13.3. The molecule has 82 valence electrons. The summed E-state index contributed by atoms with van der Waals surface area (Å²) in [6.07, 6.45) is 0. The average Bonchev–Trinajstić information content (AvgIpc) is 2.13. The summed E-state index contributed by atoms with van der Waals surface area (Å²) in [6.45, 7) is 0. The fourth-order valence-electron chi connectivity index (χ4n) is 0.837. The third kappa shape index (κ3) is 2.92. The number of hydrogen-bond acceptors (Lipinski definition) is 3. The van der Waals surface area contributed by atoms with Crippen molar-refractivity contribution < 1.29 is 9.50 Å². The van der Waals surface area contributed by atoms with E-state index < -0.39 is 5.82 Å². The third-order valence-electron chi connectivity index (χ3n) is 1.60. The first-order valence-electron chi connectivity index (χ1n) is 3.89. The van der Waals surface area contributed by atoms with Crippen LogP contribution in [-0.2, 0) is 0 Å². The van der Waals surface area contributed by atoms with Gasteiger partial charge in [0.25, 0.3) is 0 Å². The molecule has 0 heterocycles. The Morgan fingerprint density at radius 1 is 1.67 bits per heavy atom. The van der Waals surface area contributed by atoms with Crippen molar-refractivity contribution in [3.8, 4) is 5.75 Å². The lowest BCUT2D eigenvalue weighted by Gasteiger charge is -2.15. The Morgan fingerprint density at radius 2 is 2.27 bits per heavy atom. The highest BCUT2D eigenvalue weighted by Gasteiger charge is 2.09. The third-order valence-corrected chi connectivity index (χ3v) is 2.29. The zero-order valence-electron chi connectivity index (χ0n) is 7.79. The van der Waals surface area contributed by atoms with Crippen LogP contribution in [0.25, 0.3) is 0 Å². The normalized spacial score (nSPS) is 9.87. The first-order valence-corrected chi connectivity index (χ1v) is 4.68. The van der Waals surface area contributed by atoms with E-state index in [1.54, 1.807) is 0 Å². The Hall–Kier alpha value is -1.11. The molecule has 0 fully saturated rings. The predicted octanol–water partition coefficient (Wildman–Crippen LogP) is 1.69. The number of nitrogens with one attached hydrogen (secondary N) is 1. The zero-order valence-corrected chi connectivity index (χ0v) is 9.36. The molecule has 0 aliphatic rings. The van der Waals surface area contributed by atoms with Gasteiger partial charge in [-0.05, 0) is 18.3 Å². The Labute approximate surface area is 96.4 Å². The molecule has 1 rings (SSSR count). The minimum Gasteiger partial charge on any atom is -0.506 e. The lowest BCUT2D eigenvalue weighted by Crippen LogP contribution is -2.36. The summed E-state index contributed by atoms with van der Waals surface area (Å²) in [4.78, 5) is 0. The van der Waals surface area contributed by atoms with Crippen molar-refractivity contribution in [1.82, 2.24) is 5.01 Å². The van der Waals surface area contributed by atoms with E-state index in [2.05, 4.69) is 5.32 Å². The molecule has 0 bridgehead atoms. The highest BCUT2D eigenvalue weighted by atomic mass is 35.5. The van der Waals surface area contributed by atoms with Gasteiger partial charge in [-0.1, -0.05) is 11.6 Å². The van der Waals surface area contributed by atoms with Gasteiger partial charge in [0.15, 0.2) is 5.11 Å². The van der Waals surface area contributed by atoms with Gasteiger partial charge >= 0.3 is 0 Å². The highest BCUT2D eigenvalue weighted by Crippen LogP contribution is 2.29. The quantitative estimate of drug-likeness (QED) is 0.402. The van der Waals surface area contributed by atoms with Crippen LogP contribution in [0.3, 0.4) is 0 Å². The van der Waals surface area contributed by atoms with Gasteiger partial charge in [-0.15, -0.1) is 0 Å². The van der Waals surface area contributed by atoms with Crippen molar-refractivity contribution in [2.45, 2.75) is 0 Å². The van der Waals surface area contributed by atoms with E-state index in [4.69, 9.17) is 29.7 Å². The van der Waals surface area contributed by atoms with E-state index >= 15 is 0 Å². The Balaban J connectivity index is 2.96. The van der Waals surface area contributed by atoms with E-state index in [0.717, 1.165) is 17.1 Å². The minimum absolute atomic E-state index is 0.0131. The fraction of sp³-hybridized carbons (Fsp3) is 0.125. The molecule has 15 heavy (non-hydrogen) atoms. The van der Waals surface area contributed by atoms with Gasteiger partial charge in [-0.3, -0.25) is 5.01 Å². The predicted molar refractivity (Wildman–Crippen MR) is 61.2 cm³/mol. The monoisotopic (exact) mass is 249 g/mol. The van der Waals surface area contributed by atoms with Gasteiger partial charge in [0.2, 0.25) is 0 Å². The second-order valence-corrected chi connectivity index (χ2v) is 3.62. The molecule has 7 heteroatoms. The molecule has 0 atom stereocenters. The van der Waals surface area contributed by atoms with Crippen molar-refractivity contribution in [3.63, 3.8) is 0 Å². The number of anilines is 1. The van der Waals surface area contributed by atoms with Crippen LogP contribution in [0.1, 0.15) is 0 Å². The van der Waals surface area contributed by atoms with Gasteiger partial charge < -0.3 is 10.4 Å². The smallest absolute Gasteiger partial charge is 0.187 e. The molecule has 1 aromatic carbocycles. The van der Waals surface area contributed by atoms with Crippen molar-refractivity contribution in [2.75, 3.05) is 12.4 Å². The summed E-state index contributed by atoms with van der Waals surface area (Å²) in [6, 6.07) is 2.12. The number of nitrogens with zero attached hydrogens (tertiary/aromatic N) is 1. The molecular weight excluding hydrogens is 241 g/mol. The number of benzene rings is 1. The Bertz CT molecular complexity index is 400. The summed E-state index contributed by atoms with van der Waals surface area (Å²) in [5.74, 6) is 4.46. The number of thiocarbonyl (C=S) groups is 1. The van der Waals surface area contributed by atoms with Crippen LogP contribution >= 0.6 is 23.8 Å². The molecule has 0 aromatic heterocycles. The second-order valence-electron chi connectivity index (χ2n) is 2.82. The van der Waals surface area contributed by atoms with Crippen LogP contribution in [0.5, 0.6) is 5.75 Å². The SMILES string of the molecule is CN(N)C(=S)Nc1cc(O)c(Cl)cc1F. The van der Waals surface area contributed by atoms with Gasteiger partial charge in [0.05, 0.1) is 10.7 Å². The minimum atomic E-state index is -0.623. The molecule has 0 saturated carbocycles. The van der Waals surface area contributed by atoms with Crippen molar-refractivity contribution >= 4 is 34.6 Å². The molecular formula is C8H9ClFN3OS. The Kier molecular flexibility index (Phi) is 3.67. The molecule has 4 N–H and O–H groups in total. The number of hydrazine groups is 1. The van der Waals surface area contributed by atoms with E-state index in [0.29, 0.717) is 0 Å². The van der Waals surface area contributed by atoms with Crippen LogP contribution < -0.4 is 11.2 Å². The summed E-state index contributed by atoms with van der Waals surface area (Å²) < 4.78 is 13.3. The zero-order chi connectivity index (χ0) is 11.6. The van der Waals surface area contributed by atoms with Crippen molar-refractivity contribution in [1.29, 1.82) is 0 Å². The largest absolute Gasteiger partial charge is 0.506 e. The molecule has 0 radical (unpaired) electrons. The molecule has 0 amide bonds. The molecule has 0 saturated heterocycles. The molecule has 0 aliphatic heterocycles. The van der Waals surface area contributed by atoms with Gasteiger partial charge in [-0.25, -0.2) is 10.2 Å². The highest BCUT2D eigenvalue weighted by molar-refractivity contribution is 7.80. The summed E-state index contributed by atoms with van der Waals surface area (Å²) >= 11 is 10.3. The number of aromatic hydroxyl groups is 1. The summed E-state index contributed by atoms with van der Waals surface area (Å²) in [7, 11) is 1.50. The number of phenols is 1. The van der Waals surface area contributed by atoms with E-state index in [1.165, 1.54) is 7.05 Å². The lowest BCUT2D eigenvalue weighted by atomic mass is 10.3. The maximum atomic E-state index is 13.3.